The molecule has 18 heavy (non-hydrogen) atoms. The normalized spacial score (nSPS) is 18.9. The smallest absolute Gasteiger partial charge is 0.241 e. The van der Waals surface area contributed by atoms with Crippen LogP contribution in [0.1, 0.15) is 24.8 Å². The molecular weight excluding hydrogens is 363 g/mol. The Hall–Kier alpha value is -0.330. The van der Waals surface area contributed by atoms with Crippen molar-refractivity contribution in [1.82, 2.24) is 5.32 Å². The van der Waals surface area contributed by atoms with Crippen molar-refractivity contribution in [1.29, 1.82) is 0 Å². The number of amides is 1. The zero-order valence-electron chi connectivity index (χ0n) is 10.3. The van der Waals surface area contributed by atoms with Crippen LogP contribution in [-0.4, -0.2) is 18.5 Å². The molecular formula is C13H18ClIN2O. The van der Waals surface area contributed by atoms with Gasteiger partial charge in [0.2, 0.25) is 5.91 Å². The van der Waals surface area contributed by atoms with Crippen LogP contribution in [0.3, 0.4) is 0 Å². The first kappa shape index (κ1) is 15.7. The molecule has 1 aromatic carbocycles. The predicted octanol–water partition coefficient (Wildman–Crippen LogP) is 3.10. The Labute approximate surface area is 128 Å². The molecule has 100 valence electrons. The summed E-state index contributed by atoms with van der Waals surface area (Å²) in [7, 11) is 0. The Kier molecular flexibility index (Phi) is 6.38. The standard InChI is InChI=1S/C13H17IN2O.ClH/c1-9-8-10(14)5-6-11(9)16-13(17)12-4-2-3-7-15-12;/h5-6,8,12,15H,2-4,7H2,1H3,(H,16,17);1H/t12-;/m0./s1. The van der Waals surface area contributed by atoms with Gasteiger partial charge in [0, 0.05) is 9.26 Å². The second kappa shape index (κ2) is 7.31. The van der Waals surface area contributed by atoms with Gasteiger partial charge in [0.1, 0.15) is 0 Å². The van der Waals surface area contributed by atoms with Crippen molar-refractivity contribution in [2.75, 3.05) is 11.9 Å². The van der Waals surface area contributed by atoms with Crippen LogP contribution in [-0.2, 0) is 4.79 Å². The van der Waals surface area contributed by atoms with Crippen LogP contribution in [0, 0.1) is 10.5 Å². The van der Waals surface area contributed by atoms with Crippen LogP contribution >= 0.6 is 35.0 Å². The lowest BCUT2D eigenvalue weighted by Gasteiger charge is -2.23. The van der Waals surface area contributed by atoms with E-state index >= 15 is 0 Å². The van der Waals surface area contributed by atoms with Crippen molar-refractivity contribution in [2.24, 2.45) is 0 Å². The summed E-state index contributed by atoms with van der Waals surface area (Å²) in [6, 6.07) is 6.03. The number of rotatable bonds is 2. The van der Waals surface area contributed by atoms with Crippen LogP contribution in [0.5, 0.6) is 0 Å². The van der Waals surface area contributed by atoms with E-state index in [2.05, 4.69) is 39.3 Å². The van der Waals surface area contributed by atoms with Crippen molar-refractivity contribution in [3.63, 3.8) is 0 Å². The SMILES string of the molecule is Cc1cc(I)ccc1NC(=O)[C@@H]1CCCCN1.Cl. The number of hydrogen-bond donors (Lipinski definition) is 2. The van der Waals surface area contributed by atoms with Crippen molar-refractivity contribution < 1.29 is 4.79 Å². The first-order valence-corrected chi connectivity index (χ1v) is 7.05. The highest BCUT2D eigenvalue weighted by atomic mass is 127. The number of anilines is 1. The molecule has 0 radical (unpaired) electrons. The molecule has 0 aliphatic carbocycles. The third-order valence-electron chi connectivity index (χ3n) is 3.07. The van der Waals surface area contributed by atoms with Gasteiger partial charge in [0.25, 0.3) is 0 Å². The molecule has 1 fully saturated rings. The van der Waals surface area contributed by atoms with E-state index < -0.39 is 0 Å². The quantitative estimate of drug-likeness (QED) is 0.774. The Balaban J connectivity index is 0.00000162. The van der Waals surface area contributed by atoms with E-state index in [0.29, 0.717) is 0 Å². The highest BCUT2D eigenvalue weighted by Gasteiger charge is 2.20. The van der Waals surface area contributed by atoms with Crippen LogP contribution in [0.2, 0.25) is 0 Å². The maximum absolute atomic E-state index is 12.0. The Morgan fingerprint density at radius 2 is 2.22 bits per heavy atom. The summed E-state index contributed by atoms with van der Waals surface area (Å²) in [6.45, 7) is 2.97. The highest BCUT2D eigenvalue weighted by Crippen LogP contribution is 2.18. The molecule has 1 aliphatic heterocycles. The molecule has 3 nitrogen and oxygen atoms in total. The molecule has 2 rings (SSSR count). The molecule has 0 unspecified atom stereocenters. The van der Waals surface area contributed by atoms with Crippen LogP contribution < -0.4 is 10.6 Å². The Bertz CT molecular complexity index is 419. The van der Waals surface area contributed by atoms with Crippen LogP contribution in [0.4, 0.5) is 5.69 Å². The largest absolute Gasteiger partial charge is 0.324 e. The van der Waals surface area contributed by atoms with Gasteiger partial charge in [0.05, 0.1) is 6.04 Å². The van der Waals surface area contributed by atoms with Crippen molar-refractivity contribution >= 4 is 46.6 Å². The predicted molar refractivity (Wildman–Crippen MR) is 85.4 cm³/mol. The van der Waals surface area contributed by atoms with Gasteiger partial charge >= 0.3 is 0 Å². The number of aryl methyl sites for hydroxylation is 1. The fourth-order valence-electron chi connectivity index (χ4n) is 2.06. The molecule has 1 heterocycles. The minimum absolute atomic E-state index is 0. The zero-order chi connectivity index (χ0) is 12.3. The summed E-state index contributed by atoms with van der Waals surface area (Å²) in [5.41, 5.74) is 2.03. The lowest BCUT2D eigenvalue weighted by Crippen LogP contribution is -2.43. The van der Waals surface area contributed by atoms with Crippen molar-refractivity contribution in [3.8, 4) is 0 Å². The number of halogens is 2. The van der Waals surface area contributed by atoms with Gasteiger partial charge < -0.3 is 10.6 Å². The van der Waals surface area contributed by atoms with Gasteiger partial charge in [-0.25, -0.2) is 0 Å². The average molecular weight is 381 g/mol. The number of carbonyl (C=O) groups excluding carboxylic acids is 1. The summed E-state index contributed by atoms with van der Waals surface area (Å²) in [5.74, 6) is 0.0917. The number of hydrogen-bond acceptors (Lipinski definition) is 2. The average Bonchev–Trinajstić information content (AvgIpc) is 2.34. The van der Waals surface area contributed by atoms with E-state index in [1.807, 2.05) is 19.1 Å². The minimum atomic E-state index is -0.0255. The maximum Gasteiger partial charge on any atom is 0.241 e. The summed E-state index contributed by atoms with van der Waals surface area (Å²) in [5, 5.41) is 6.26. The van der Waals surface area contributed by atoms with Crippen LogP contribution in [0.15, 0.2) is 18.2 Å². The van der Waals surface area contributed by atoms with Gasteiger partial charge in [0.15, 0.2) is 0 Å². The molecule has 5 heteroatoms. The van der Waals surface area contributed by atoms with Crippen LogP contribution in [0.25, 0.3) is 0 Å². The summed E-state index contributed by atoms with van der Waals surface area (Å²) in [6.07, 6.45) is 3.25. The molecule has 0 saturated carbocycles. The number of benzene rings is 1. The summed E-state index contributed by atoms with van der Waals surface area (Å²) < 4.78 is 1.19. The fraction of sp³-hybridized carbons (Fsp3) is 0.462. The lowest BCUT2D eigenvalue weighted by atomic mass is 10.0. The number of piperidine rings is 1. The lowest BCUT2D eigenvalue weighted by molar-refractivity contribution is -0.118. The first-order valence-electron chi connectivity index (χ1n) is 5.97. The number of nitrogens with one attached hydrogen (secondary N) is 2. The summed E-state index contributed by atoms with van der Waals surface area (Å²) in [4.78, 5) is 12.0. The molecule has 1 amide bonds. The van der Waals surface area contributed by atoms with Crippen molar-refractivity contribution in [2.45, 2.75) is 32.2 Å². The molecule has 1 aliphatic rings. The monoisotopic (exact) mass is 380 g/mol. The maximum atomic E-state index is 12.0. The van der Waals surface area contributed by atoms with E-state index in [0.717, 1.165) is 30.6 Å². The van der Waals surface area contributed by atoms with Gasteiger partial charge in [-0.1, -0.05) is 6.42 Å². The molecule has 0 spiro atoms. The molecule has 1 aromatic rings. The summed E-state index contributed by atoms with van der Waals surface area (Å²) >= 11 is 2.27. The van der Waals surface area contributed by atoms with Gasteiger partial charge in [-0.05, 0) is 72.7 Å². The molecule has 1 atom stereocenters. The van der Waals surface area contributed by atoms with Gasteiger partial charge in [-0.2, -0.15) is 0 Å². The third-order valence-corrected chi connectivity index (χ3v) is 3.74. The molecule has 0 aromatic heterocycles. The van der Waals surface area contributed by atoms with E-state index in [1.165, 1.54) is 9.99 Å². The number of carbonyl (C=O) groups is 1. The van der Waals surface area contributed by atoms with Crippen molar-refractivity contribution in [3.05, 3.63) is 27.3 Å². The van der Waals surface area contributed by atoms with E-state index in [1.54, 1.807) is 0 Å². The zero-order valence-corrected chi connectivity index (χ0v) is 13.3. The Morgan fingerprint density at radius 3 is 2.83 bits per heavy atom. The third kappa shape index (κ3) is 4.10. The van der Waals surface area contributed by atoms with Gasteiger partial charge in [-0.3, -0.25) is 4.79 Å². The highest BCUT2D eigenvalue weighted by molar-refractivity contribution is 14.1. The minimum Gasteiger partial charge on any atom is -0.324 e. The second-order valence-electron chi connectivity index (χ2n) is 4.45. The van der Waals surface area contributed by atoms with E-state index in [4.69, 9.17) is 0 Å². The molecule has 1 saturated heterocycles. The van der Waals surface area contributed by atoms with E-state index in [9.17, 15) is 4.79 Å². The first-order chi connectivity index (χ1) is 8.16. The fourth-order valence-corrected chi connectivity index (χ4v) is 2.71. The van der Waals surface area contributed by atoms with E-state index in [-0.39, 0.29) is 24.4 Å². The topological polar surface area (TPSA) is 41.1 Å². The molecule has 2 N–H and O–H groups in total. The van der Waals surface area contributed by atoms with Gasteiger partial charge in [-0.15, -0.1) is 12.4 Å². The Morgan fingerprint density at radius 1 is 1.44 bits per heavy atom. The molecule has 0 bridgehead atoms. The second-order valence-corrected chi connectivity index (χ2v) is 5.70.